The maximum atomic E-state index is 11.4. The molecule has 0 spiro atoms. The zero-order chi connectivity index (χ0) is 12.7. The van der Waals surface area contributed by atoms with E-state index in [4.69, 9.17) is 5.11 Å². The molecule has 0 radical (unpaired) electrons. The highest BCUT2D eigenvalue weighted by Gasteiger charge is 2.16. The van der Waals surface area contributed by atoms with Crippen molar-refractivity contribution in [2.75, 3.05) is 0 Å². The van der Waals surface area contributed by atoms with Crippen LogP contribution in [0.5, 0.6) is 0 Å². The number of ketones is 1. The van der Waals surface area contributed by atoms with Crippen LogP contribution in [0.2, 0.25) is 0 Å². The van der Waals surface area contributed by atoms with Gasteiger partial charge in [0.1, 0.15) is 0 Å². The maximum Gasteiger partial charge on any atom is 0.377 e. The molecule has 4 nitrogen and oxygen atoms in total. The summed E-state index contributed by atoms with van der Waals surface area (Å²) in [6, 6.07) is 4.99. The van der Waals surface area contributed by atoms with E-state index in [9.17, 15) is 9.59 Å². The lowest BCUT2D eigenvalue weighted by molar-refractivity contribution is -0.131. The number of hydrogen-bond donors (Lipinski definition) is 1. The first-order chi connectivity index (χ1) is 7.93. The van der Waals surface area contributed by atoms with E-state index in [1.807, 2.05) is 25.5 Å². The fourth-order valence-corrected chi connectivity index (χ4v) is 2.02. The van der Waals surface area contributed by atoms with Crippen LogP contribution < -0.4 is 0 Å². The fourth-order valence-electron chi connectivity index (χ4n) is 2.02. The highest BCUT2D eigenvalue weighted by atomic mass is 16.4. The van der Waals surface area contributed by atoms with Crippen LogP contribution in [0.1, 0.15) is 21.6 Å². The molecule has 0 unspecified atom stereocenters. The number of carboxylic acids is 1. The van der Waals surface area contributed by atoms with Crippen LogP contribution in [-0.4, -0.2) is 21.4 Å². The Bertz CT molecular complexity index is 638. The summed E-state index contributed by atoms with van der Waals surface area (Å²) in [6.07, 6.45) is 0. The predicted octanol–water partition coefficient (Wildman–Crippen LogP) is 2.06. The largest absolute Gasteiger partial charge is 0.475 e. The van der Waals surface area contributed by atoms with E-state index in [0.29, 0.717) is 0 Å². The average molecular weight is 231 g/mol. The summed E-state index contributed by atoms with van der Waals surface area (Å²) < 4.78 is 1.96. The van der Waals surface area contributed by atoms with Crippen molar-refractivity contribution < 1.29 is 14.7 Å². The highest BCUT2D eigenvalue weighted by molar-refractivity contribution is 6.40. The zero-order valence-corrected chi connectivity index (χ0v) is 9.94. The Morgan fingerprint density at radius 2 is 1.88 bits per heavy atom. The van der Waals surface area contributed by atoms with Crippen LogP contribution in [-0.2, 0) is 11.8 Å². The molecule has 0 saturated heterocycles. The standard InChI is InChI=1S/C13H13NO3/c1-7-8(2)14(3)11-6-9(4-5-10(7)11)12(15)13(16)17/h4-6H,1-3H3,(H,16,17). The van der Waals surface area contributed by atoms with Gasteiger partial charge in [0.15, 0.2) is 0 Å². The topological polar surface area (TPSA) is 59.3 Å². The van der Waals surface area contributed by atoms with Gasteiger partial charge in [-0.2, -0.15) is 0 Å². The smallest absolute Gasteiger partial charge is 0.377 e. The SMILES string of the molecule is Cc1c(C)n(C)c2cc(C(=O)C(=O)O)ccc12. The Hall–Kier alpha value is -2.10. The van der Waals surface area contributed by atoms with Crippen LogP contribution in [0.15, 0.2) is 18.2 Å². The van der Waals surface area contributed by atoms with E-state index in [1.165, 1.54) is 0 Å². The summed E-state index contributed by atoms with van der Waals surface area (Å²) in [5.74, 6) is -2.30. The molecule has 0 saturated carbocycles. The monoisotopic (exact) mass is 231 g/mol. The molecule has 0 amide bonds. The third-order valence-corrected chi connectivity index (χ3v) is 3.27. The van der Waals surface area contributed by atoms with Crippen molar-refractivity contribution >= 4 is 22.7 Å². The number of aliphatic carboxylic acids is 1. The quantitative estimate of drug-likeness (QED) is 0.635. The summed E-state index contributed by atoms with van der Waals surface area (Å²) in [6.45, 7) is 4.00. The Labute approximate surface area is 98.5 Å². The second kappa shape index (κ2) is 3.73. The summed E-state index contributed by atoms with van der Waals surface area (Å²) in [7, 11) is 1.90. The summed E-state index contributed by atoms with van der Waals surface area (Å²) in [5, 5.41) is 9.73. The molecule has 0 fully saturated rings. The number of benzene rings is 1. The maximum absolute atomic E-state index is 11.4. The number of hydrogen-bond acceptors (Lipinski definition) is 2. The van der Waals surface area contributed by atoms with Gasteiger partial charge in [0.2, 0.25) is 0 Å². The molecular weight excluding hydrogens is 218 g/mol. The summed E-state index contributed by atoms with van der Waals surface area (Å²) in [5.41, 5.74) is 3.36. The Kier molecular flexibility index (Phi) is 2.50. The van der Waals surface area contributed by atoms with E-state index in [2.05, 4.69) is 0 Å². The lowest BCUT2D eigenvalue weighted by atomic mass is 10.1. The minimum absolute atomic E-state index is 0.214. The van der Waals surface area contributed by atoms with Crippen LogP contribution in [0, 0.1) is 13.8 Å². The van der Waals surface area contributed by atoms with Crippen molar-refractivity contribution in [2.45, 2.75) is 13.8 Å². The van der Waals surface area contributed by atoms with Crippen LogP contribution in [0.25, 0.3) is 10.9 Å². The predicted molar refractivity (Wildman–Crippen MR) is 64.4 cm³/mol. The molecule has 17 heavy (non-hydrogen) atoms. The lowest BCUT2D eigenvalue weighted by Crippen LogP contribution is -2.12. The van der Waals surface area contributed by atoms with Gasteiger partial charge in [-0.05, 0) is 25.5 Å². The van der Waals surface area contributed by atoms with Crippen molar-refractivity contribution in [1.29, 1.82) is 0 Å². The van der Waals surface area contributed by atoms with E-state index in [1.54, 1.807) is 18.2 Å². The molecule has 1 aromatic carbocycles. The van der Waals surface area contributed by atoms with Gasteiger partial charge in [-0.3, -0.25) is 4.79 Å². The first-order valence-electron chi connectivity index (χ1n) is 5.26. The molecule has 88 valence electrons. The first-order valence-corrected chi connectivity index (χ1v) is 5.26. The van der Waals surface area contributed by atoms with Crippen LogP contribution in [0.4, 0.5) is 0 Å². The second-order valence-electron chi connectivity index (χ2n) is 4.14. The molecular formula is C13H13NO3. The molecule has 4 heteroatoms. The van der Waals surface area contributed by atoms with Crippen molar-refractivity contribution in [3.8, 4) is 0 Å². The first kappa shape index (κ1) is 11.4. The molecule has 1 heterocycles. The van der Waals surface area contributed by atoms with E-state index in [0.717, 1.165) is 22.2 Å². The Morgan fingerprint density at radius 1 is 1.24 bits per heavy atom. The Balaban J connectivity index is 2.70. The summed E-state index contributed by atoms with van der Waals surface area (Å²) in [4.78, 5) is 22.0. The molecule has 2 rings (SSSR count). The van der Waals surface area contributed by atoms with E-state index in [-0.39, 0.29) is 5.56 Å². The minimum Gasteiger partial charge on any atom is -0.475 e. The van der Waals surface area contributed by atoms with Crippen molar-refractivity contribution in [2.24, 2.45) is 7.05 Å². The molecule has 2 aromatic rings. The number of rotatable bonds is 2. The molecule has 1 N–H and O–H groups in total. The van der Waals surface area contributed by atoms with Gasteiger partial charge < -0.3 is 9.67 Å². The third-order valence-electron chi connectivity index (χ3n) is 3.27. The lowest BCUT2D eigenvalue weighted by Gasteiger charge is -2.00. The molecule has 0 aliphatic heterocycles. The zero-order valence-electron chi connectivity index (χ0n) is 9.94. The van der Waals surface area contributed by atoms with Gasteiger partial charge in [-0.25, -0.2) is 4.79 Å². The fraction of sp³-hybridized carbons (Fsp3) is 0.231. The minimum atomic E-state index is -1.42. The molecule has 0 aliphatic rings. The molecule has 0 bridgehead atoms. The number of carbonyl (C=O) groups is 2. The number of aryl methyl sites for hydroxylation is 2. The molecule has 0 atom stereocenters. The van der Waals surface area contributed by atoms with Crippen molar-refractivity contribution in [1.82, 2.24) is 4.57 Å². The highest BCUT2D eigenvalue weighted by Crippen LogP contribution is 2.25. The van der Waals surface area contributed by atoms with Gasteiger partial charge >= 0.3 is 5.97 Å². The number of nitrogens with zero attached hydrogens (tertiary/aromatic N) is 1. The number of fused-ring (bicyclic) bond motifs is 1. The number of carboxylic acid groups (broad SMARTS) is 1. The summed E-state index contributed by atoms with van der Waals surface area (Å²) >= 11 is 0. The molecule has 1 aromatic heterocycles. The number of carbonyl (C=O) groups excluding carboxylic acids is 1. The van der Waals surface area contributed by atoms with Gasteiger partial charge in [-0.15, -0.1) is 0 Å². The van der Waals surface area contributed by atoms with Gasteiger partial charge in [-0.1, -0.05) is 12.1 Å². The van der Waals surface area contributed by atoms with Crippen LogP contribution >= 0.6 is 0 Å². The van der Waals surface area contributed by atoms with Crippen molar-refractivity contribution in [3.63, 3.8) is 0 Å². The van der Waals surface area contributed by atoms with Crippen molar-refractivity contribution in [3.05, 3.63) is 35.0 Å². The third kappa shape index (κ3) is 1.62. The second-order valence-corrected chi connectivity index (χ2v) is 4.14. The van der Waals surface area contributed by atoms with E-state index < -0.39 is 11.8 Å². The average Bonchev–Trinajstić information content (AvgIpc) is 2.53. The van der Waals surface area contributed by atoms with Gasteiger partial charge in [0.25, 0.3) is 5.78 Å². The van der Waals surface area contributed by atoms with E-state index >= 15 is 0 Å². The van der Waals surface area contributed by atoms with Crippen LogP contribution in [0.3, 0.4) is 0 Å². The normalized spacial score (nSPS) is 10.8. The van der Waals surface area contributed by atoms with Gasteiger partial charge in [0, 0.05) is 29.2 Å². The number of aromatic nitrogens is 1. The van der Waals surface area contributed by atoms with Gasteiger partial charge in [0.05, 0.1) is 0 Å². The Morgan fingerprint density at radius 3 is 2.47 bits per heavy atom. The molecule has 0 aliphatic carbocycles. The number of Topliss-reactive ketones (excluding diaryl/α,β-unsaturated/α-hetero) is 1.